The van der Waals surface area contributed by atoms with Crippen LogP contribution in [0.1, 0.15) is 43.7 Å². The van der Waals surface area contributed by atoms with E-state index in [1.807, 2.05) is 23.5 Å². The number of hydrogen-bond donors (Lipinski definition) is 1. The van der Waals surface area contributed by atoms with Crippen LogP contribution in [0.2, 0.25) is 0 Å². The number of hydrogen-bond acceptors (Lipinski definition) is 6. The molecule has 2 aliphatic rings. The van der Waals surface area contributed by atoms with Crippen LogP contribution in [0.3, 0.4) is 0 Å². The van der Waals surface area contributed by atoms with Crippen molar-refractivity contribution < 1.29 is 4.52 Å². The van der Waals surface area contributed by atoms with Crippen LogP contribution in [0.25, 0.3) is 0 Å². The Morgan fingerprint density at radius 3 is 2.74 bits per heavy atom. The van der Waals surface area contributed by atoms with E-state index >= 15 is 0 Å². The molecule has 106 valence electrons. The first kappa shape index (κ1) is 13.8. The van der Waals surface area contributed by atoms with Crippen LogP contribution in [0, 0.1) is 5.92 Å². The normalized spacial score (nSPS) is 39.6. The van der Waals surface area contributed by atoms with E-state index in [1.54, 1.807) is 0 Å². The first-order valence-corrected chi connectivity index (χ1v) is 8.95. The van der Waals surface area contributed by atoms with Crippen molar-refractivity contribution in [3.63, 3.8) is 0 Å². The molecule has 0 bridgehead atoms. The Morgan fingerprint density at radius 2 is 2.05 bits per heavy atom. The topological polar surface area (TPSA) is 51.0 Å². The van der Waals surface area contributed by atoms with Crippen molar-refractivity contribution in [3.05, 3.63) is 11.7 Å². The molecule has 0 saturated carbocycles. The fourth-order valence-corrected chi connectivity index (χ4v) is 5.42. The first-order chi connectivity index (χ1) is 9.15. The first-order valence-electron chi connectivity index (χ1n) is 6.96. The third-order valence-corrected chi connectivity index (χ3v) is 7.52. The summed E-state index contributed by atoms with van der Waals surface area (Å²) in [5.74, 6) is 3.78. The Morgan fingerprint density at radius 1 is 1.21 bits per heavy atom. The fourth-order valence-electron chi connectivity index (χ4n) is 2.59. The van der Waals surface area contributed by atoms with Gasteiger partial charge < -0.3 is 9.84 Å². The largest absolute Gasteiger partial charge is 0.339 e. The SMILES string of the molecule is CC1SCC(c2noc([C@@H]3CNC[C@H]3C)n2)SC1C. The van der Waals surface area contributed by atoms with E-state index in [1.165, 1.54) is 0 Å². The van der Waals surface area contributed by atoms with Crippen LogP contribution < -0.4 is 5.32 Å². The second-order valence-corrected chi connectivity index (χ2v) is 8.60. The second-order valence-electron chi connectivity index (χ2n) is 5.60. The molecule has 2 fully saturated rings. The molecule has 6 heteroatoms. The van der Waals surface area contributed by atoms with E-state index in [4.69, 9.17) is 4.52 Å². The molecule has 4 nitrogen and oxygen atoms in total. The van der Waals surface area contributed by atoms with Crippen molar-refractivity contribution in [2.75, 3.05) is 18.8 Å². The Labute approximate surface area is 122 Å². The van der Waals surface area contributed by atoms with E-state index in [0.717, 1.165) is 30.6 Å². The lowest BCUT2D eigenvalue weighted by Gasteiger charge is -2.29. The zero-order valence-corrected chi connectivity index (χ0v) is 13.3. The molecule has 5 atom stereocenters. The molecule has 0 radical (unpaired) electrons. The zero-order valence-electron chi connectivity index (χ0n) is 11.6. The minimum Gasteiger partial charge on any atom is -0.339 e. The van der Waals surface area contributed by atoms with Crippen molar-refractivity contribution in [1.82, 2.24) is 15.5 Å². The van der Waals surface area contributed by atoms with Crippen LogP contribution in [0.4, 0.5) is 0 Å². The van der Waals surface area contributed by atoms with Gasteiger partial charge in [0.2, 0.25) is 5.89 Å². The van der Waals surface area contributed by atoms with E-state index in [0.29, 0.717) is 27.6 Å². The minimum absolute atomic E-state index is 0.387. The van der Waals surface area contributed by atoms with Gasteiger partial charge in [-0.1, -0.05) is 25.9 Å². The Bertz CT molecular complexity index is 439. The maximum absolute atomic E-state index is 5.51. The highest BCUT2D eigenvalue weighted by molar-refractivity contribution is 8.07. The number of nitrogens with one attached hydrogen (secondary N) is 1. The van der Waals surface area contributed by atoms with E-state index < -0.39 is 0 Å². The van der Waals surface area contributed by atoms with Gasteiger partial charge in [-0.25, -0.2) is 0 Å². The summed E-state index contributed by atoms with van der Waals surface area (Å²) in [6.45, 7) is 8.84. The van der Waals surface area contributed by atoms with Gasteiger partial charge in [0.25, 0.3) is 0 Å². The summed E-state index contributed by atoms with van der Waals surface area (Å²) in [6, 6.07) is 0. The standard InChI is InChI=1S/C13H21N3OS2/c1-7-4-14-5-10(7)13-15-12(16-17-13)11-6-18-8(2)9(3)19-11/h7-11,14H,4-6H2,1-3H3/t7-,8?,9?,10-,11?/m1/s1. The second kappa shape index (κ2) is 5.66. The van der Waals surface area contributed by atoms with Gasteiger partial charge in [-0.15, -0.1) is 11.8 Å². The maximum atomic E-state index is 5.51. The summed E-state index contributed by atoms with van der Waals surface area (Å²) < 4.78 is 5.51. The molecule has 19 heavy (non-hydrogen) atoms. The molecule has 1 N–H and O–H groups in total. The minimum atomic E-state index is 0.387. The molecule has 0 spiro atoms. The van der Waals surface area contributed by atoms with Gasteiger partial charge in [0, 0.05) is 22.8 Å². The van der Waals surface area contributed by atoms with Crippen LogP contribution >= 0.6 is 23.5 Å². The lowest BCUT2D eigenvalue weighted by Crippen LogP contribution is -2.22. The summed E-state index contributed by atoms with van der Waals surface area (Å²) >= 11 is 4.00. The van der Waals surface area contributed by atoms with Gasteiger partial charge >= 0.3 is 0 Å². The van der Waals surface area contributed by atoms with Crippen molar-refractivity contribution in [2.24, 2.45) is 5.92 Å². The number of nitrogens with zero attached hydrogens (tertiary/aromatic N) is 2. The van der Waals surface area contributed by atoms with Crippen LogP contribution in [0.15, 0.2) is 4.52 Å². The van der Waals surface area contributed by atoms with Gasteiger partial charge in [-0.2, -0.15) is 16.7 Å². The highest BCUT2D eigenvalue weighted by atomic mass is 32.2. The molecule has 0 aromatic carbocycles. The highest BCUT2D eigenvalue weighted by Gasteiger charge is 2.33. The third-order valence-electron chi connectivity index (χ3n) is 4.13. The number of rotatable bonds is 2. The third kappa shape index (κ3) is 2.81. The summed E-state index contributed by atoms with van der Waals surface area (Å²) in [5.41, 5.74) is 0. The molecule has 1 aromatic rings. The van der Waals surface area contributed by atoms with E-state index in [-0.39, 0.29) is 0 Å². The quantitative estimate of drug-likeness (QED) is 0.906. The lowest BCUT2D eigenvalue weighted by molar-refractivity contribution is 0.336. The van der Waals surface area contributed by atoms with Crippen molar-refractivity contribution in [2.45, 2.75) is 42.4 Å². The molecule has 3 heterocycles. The monoisotopic (exact) mass is 299 g/mol. The van der Waals surface area contributed by atoms with Gasteiger partial charge in [0.05, 0.1) is 11.2 Å². The summed E-state index contributed by atoms with van der Waals surface area (Å²) in [7, 11) is 0. The molecule has 2 saturated heterocycles. The van der Waals surface area contributed by atoms with Gasteiger partial charge in [0.1, 0.15) is 0 Å². The van der Waals surface area contributed by atoms with E-state index in [9.17, 15) is 0 Å². The van der Waals surface area contributed by atoms with Gasteiger partial charge in [0.15, 0.2) is 5.82 Å². The molecule has 1 aromatic heterocycles. The molecule has 0 amide bonds. The number of aromatic nitrogens is 2. The predicted molar refractivity (Wildman–Crippen MR) is 80.8 cm³/mol. The smallest absolute Gasteiger partial charge is 0.231 e. The average Bonchev–Trinajstić information content (AvgIpc) is 3.01. The Kier molecular flexibility index (Phi) is 4.10. The summed E-state index contributed by atoms with van der Waals surface area (Å²) in [6.07, 6.45) is 0. The molecular weight excluding hydrogens is 278 g/mol. The predicted octanol–water partition coefficient (Wildman–Crippen LogP) is 2.69. The summed E-state index contributed by atoms with van der Waals surface area (Å²) in [4.78, 5) is 4.67. The Hall–Kier alpha value is -0.200. The van der Waals surface area contributed by atoms with Crippen molar-refractivity contribution >= 4 is 23.5 Å². The maximum Gasteiger partial charge on any atom is 0.231 e. The van der Waals surface area contributed by atoms with E-state index in [2.05, 4.69) is 36.2 Å². The van der Waals surface area contributed by atoms with Crippen LogP contribution in [-0.4, -0.2) is 39.5 Å². The molecule has 3 unspecified atom stereocenters. The fraction of sp³-hybridized carbons (Fsp3) is 0.846. The molecular formula is C13H21N3OS2. The highest BCUT2D eigenvalue weighted by Crippen LogP contribution is 2.43. The van der Waals surface area contributed by atoms with Crippen molar-refractivity contribution in [1.29, 1.82) is 0 Å². The molecule has 2 aliphatic heterocycles. The molecule has 3 rings (SSSR count). The van der Waals surface area contributed by atoms with Gasteiger partial charge in [-0.3, -0.25) is 0 Å². The molecule has 0 aliphatic carbocycles. The average molecular weight is 299 g/mol. The van der Waals surface area contributed by atoms with Crippen LogP contribution in [0.5, 0.6) is 0 Å². The Balaban J connectivity index is 1.71. The van der Waals surface area contributed by atoms with Gasteiger partial charge in [-0.05, 0) is 12.5 Å². The lowest BCUT2D eigenvalue weighted by atomic mass is 9.98. The summed E-state index contributed by atoms with van der Waals surface area (Å²) in [5, 5.41) is 9.37. The number of thioether (sulfide) groups is 2. The van der Waals surface area contributed by atoms with Crippen LogP contribution in [-0.2, 0) is 0 Å². The zero-order chi connectivity index (χ0) is 13.4. The van der Waals surface area contributed by atoms with Crippen molar-refractivity contribution in [3.8, 4) is 0 Å².